The van der Waals surface area contributed by atoms with Crippen molar-refractivity contribution in [3.05, 3.63) is 23.9 Å². The van der Waals surface area contributed by atoms with E-state index in [9.17, 15) is 18.0 Å². The number of hydrogen-bond acceptors (Lipinski definition) is 6. The fraction of sp³-hybridized carbons (Fsp3) is 0.714. The van der Waals surface area contributed by atoms with E-state index in [0.717, 1.165) is 51.5 Å². The summed E-state index contributed by atoms with van der Waals surface area (Å²) in [6, 6.07) is 2.48. The van der Waals surface area contributed by atoms with E-state index >= 15 is 0 Å². The summed E-state index contributed by atoms with van der Waals surface area (Å²) in [6.45, 7) is 11.0. The van der Waals surface area contributed by atoms with Crippen LogP contribution in [0.5, 0.6) is 0 Å². The van der Waals surface area contributed by atoms with Crippen molar-refractivity contribution in [3.63, 3.8) is 0 Å². The first-order valence-electron chi connectivity index (χ1n) is 10.8. The second-order valence-electron chi connectivity index (χ2n) is 8.71. The van der Waals surface area contributed by atoms with Crippen molar-refractivity contribution in [1.82, 2.24) is 20.1 Å². The number of alkyl halides is 3. The molecule has 3 rings (SSSR count). The van der Waals surface area contributed by atoms with E-state index in [0.29, 0.717) is 38.5 Å². The van der Waals surface area contributed by atoms with Crippen LogP contribution in [0.25, 0.3) is 0 Å². The fourth-order valence-electron chi connectivity index (χ4n) is 3.95. The number of rotatable bonds is 6. The van der Waals surface area contributed by atoms with Gasteiger partial charge in [-0.1, -0.05) is 0 Å². The van der Waals surface area contributed by atoms with Crippen LogP contribution in [0.2, 0.25) is 0 Å². The highest BCUT2D eigenvalue weighted by molar-refractivity contribution is 5.78. The third kappa shape index (κ3) is 6.78. The molecular formula is C21H32F3N5O2. The van der Waals surface area contributed by atoms with Crippen LogP contribution in [-0.4, -0.2) is 91.8 Å². The molecule has 0 bridgehead atoms. The Labute approximate surface area is 181 Å². The van der Waals surface area contributed by atoms with E-state index in [1.807, 2.05) is 4.90 Å². The van der Waals surface area contributed by atoms with Gasteiger partial charge < -0.3 is 15.0 Å². The van der Waals surface area contributed by atoms with Crippen LogP contribution in [-0.2, 0) is 15.7 Å². The Bertz CT molecular complexity index is 721. The van der Waals surface area contributed by atoms with Crippen molar-refractivity contribution in [2.24, 2.45) is 0 Å². The predicted molar refractivity (Wildman–Crippen MR) is 112 cm³/mol. The number of pyridine rings is 1. The molecule has 2 aliphatic rings. The molecule has 0 atom stereocenters. The molecule has 0 aromatic carbocycles. The number of amides is 1. The van der Waals surface area contributed by atoms with Crippen molar-refractivity contribution in [2.75, 3.05) is 70.5 Å². The highest BCUT2D eigenvalue weighted by Crippen LogP contribution is 2.29. The number of anilines is 1. The van der Waals surface area contributed by atoms with Gasteiger partial charge in [-0.15, -0.1) is 0 Å². The molecular weight excluding hydrogens is 411 g/mol. The molecule has 2 saturated heterocycles. The van der Waals surface area contributed by atoms with Crippen LogP contribution in [0.3, 0.4) is 0 Å². The minimum atomic E-state index is -4.38. The Morgan fingerprint density at radius 3 is 2.48 bits per heavy atom. The van der Waals surface area contributed by atoms with E-state index in [2.05, 4.69) is 33.9 Å². The molecule has 0 unspecified atom stereocenters. The summed E-state index contributed by atoms with van der Waals surface area (Å²) >= 11 is 0. The second-order valence-corrected chi connectivity index (χ2v) is 8.71. The number of carbonyl (C=O) groups excluding carboxylic acids is 1. The van der Waals surface area contributed by atoms with Gasteiger partial charge in [0.05, 0.1) is 25.3 Å². The van der Waals surface area contributed by atoms with E-state index in [1.165, 1.54) is 6.07 Å². The summed E-state index contributed by atoms with van der Waals surface area (Å²) in [6.07, 6.45) is -2.69. The summed E-state index contributed by atoms with van der Waals surface area (Å²) in [5.41, 5.74) is -0.882. The number of nitrogens with one attached hydrogen (secondary N) is 1. The Balaban J connectivity index is 1.45. The Hall–Kier alpha value is -1.91. The molecule has 31 heavy (non-hydrogen) atoms. The maximum atomic E-state index is 12.7. The number of nitrogens with zero attached hydrogens (tertiary/aromatic N) is 4. The number of ether oxygens (including phenoxy) is 1. The summed E-state index contributed by atoms with van der Waals surface area (Å²) < 4.78 is 43.6. The average molecular weight is 444 g/mol. The van der Waals surface area contributed by atoms with Crippen LogP contribution < -0.4 is 10.2 Å². The van der Waals surface area contributed by atoms with Gasteiger partial charge in [0.2, 0.25) is 5.91 Å². The zero-order valence-corrected chi connectivity index (χ0v) is 18.2. The van der Waals surface area contributed by atoms with E-state index in [4.69, 9.17) is 4.74 Å². The number of carbonyl (C=O) groups is 1. The SMILES string of the molecule is CC(C)(CNC(=O)CN1CCCN(c2ccc(C(F)(F)F)cn2)CC1)N1CCOCC1. The van der Waals surface area contributed by atoms with Crippen LogP contribution in [0, 0.1) is 0 Å². The first-order chi connectivity index (χ1) is 14.6. The number of aromatic nitrogens is 1. The second kappa shape index (κ2) is 10.1. The van der Waals surface area contributed by atoms with Gasteiger partial charge in [0, 0.05) is 57.5 Å². The quantitative estimate of drug-likeness (QED) is 0.724. The van der Waals surface area contributed by atoms with Gasteiger partial charge in [0.15, 0.2) is 0 Å². The molecule has 2 aliphatic heterocycles. The van der Waals surface area contributed by atoms with E-state index in [-0.39, 0.29) is 11.4 Å². The lowest BCUT2D eigenvalue weighted by atomic mass is 10.0. The first-order valence-corrected chi connectivity index (χ1v) is 10.8. The summed E-state index contributed by atoms with van der Waals surface area (Å²) in [5, 5.41) is 3.06. The van der Waals surface area contributed by atoms with Crippen LogP contribution >= 0.6 is 0 Å². The molecule has 1 amide bonds. The Morgan fingerprint density at radius 1 is 1.10 bits per heavy atom. The molecule has 1 N–H and O–H groups in total. The third-order valence-electron chi connectivity index (χ3n) is 5.94. The standard InChI is InChI=1S/C21H32F3N5O2/c1-20(2,29-10-12-31-13-11-29)16-26-19(30)15-27-6-3-7-28(9-8-27)18-5-4-17(14-25-18)21(22,23)24/h4-5,14H,3,6-13,15-16H2,1-2H3,(H,26,30). The van der Waals surface area contributed by atoms with Crippen molar-refractivity contribution >= 4 is 11.7 Å². The Morgan fingerprint density at radius 2 is 1.84 bits per heavy atom. The third-order valence-corrected chi connectivity index (χ3v) is 5.94. The number of halogens is 3. The molecule has 1 aromatic heterocycles. The lowest BCUT2D eigenvalue weighted by Crippen LogP contribution is -2.56. The van der Waals surface area contributed by atoms with Crippen molar-refractivity contribution in [2.45, 2.75) is 32.0 Å². The normalized spacial score (nSPS) is 19.8. The number of morpholine rings is 1. The Kier molecular flexibility index (Phi) is 7.77. The van der Waals surface area contributed by atoms with Crippen molar-refractivity contribution in [1.29, 1.82) is 0 Å². The lowest BCUT2D eigenvalue weighted by molar-refractivity contribution is -0.137. The van der Waals surface area contributed by atoms with Crippen LogP contribution in [0.15, 0.2) is 18.3 Å². The van der Waals surface area contributed by atoms with Crippen molar-refractivity contribution < 1.29 is 22.7 Å². The van der Waals surface area contributed by atoms with Gasteiger partial charge in [-0.25, -0.2) is 4.98 Å². The summed E-state index contributed by atoms with van der Waals surface area (Å²) in [5.74, 6) is 0.522. The maximum Gasteiger partial charge on any atom is 0.417 e. The van der Waals surface area contributed by atoms with Gasteiger partial charge in [-0.2, -0.15) is 13.2 Å². The molecule has 2 fully saturated rings. The minimum absolute atomic E-state index is 0.0116. The zero-order chi connectivity index (χ0) is 22.5. The smallest absolute Gasteiger partial charge is 0.379 e. The van der Waals surface area contributed by atoms with Crippen molar-refractivity contribution in [3.8, 4) is 0 Å². The highest BCUT2D eigenvalue weighted by atomic mass is 19.4. The fourth-order valence-corrected chi connectivity index (χ4v) is 3.95. The molecule has 3 heterocycles. The lowest BCUT2D eigenvalue weighted by Gasteiger charge is -2.41. The number of hydrogen-bond donors (Lipinski definition) is 1. The van der Waals surface area contributed by atoms with E-state index in [1.54, 1.807) is 0 Å². The molecule has 1 aromatic rings. The maximum absolute atomic E-state index is 12.7. The molecule has 0 radical (unpaired) electrons. The first kappa shape index (κ1) is 23.7. The summed E-state index contributed by atoms with van der Waals surface area (Å²) in [7, 11) is 0. The van der Waals surface area contributed by atoms with Gasteiger partial charge in [-0.05, 0) is 32.4 Å². The molecule has 0 spiro atoms. The molecule has 0 saturated carbocycles. The molecule has 174 valence electrons. The monoisotopic (exact) mass is 443 g/mol. The van der Waals surface area contributed by atoms with Gasteiger partial charge in [0.1, 0.15) is 5.82 Å². The van der Waals surface area contributed by atoms with Gasteiger partial charge in [0.25, 0.3) is 0 Å². The van der Waals surface area contributed by atoms with E-state index < -0.39 is 11.7 Å². The van der Waals surface area contributed by atoms with Crippen LogP contribution in [0.4, 0.5) is 19.0 Å². The topological polar surface area (TPSA) is 60.9 Å². The molecule has 10 heteroatoms. The minimum Gasteiger partial charge on any atom is -0.379 e. The predicted octanol–water partition coefficient (Wildman–Crippen LogP) is 1.84. The average Bonchev–Trinajstić information content (AvgIpc) is 2.98. The van der Waals surface area contributed by atoms with Gasteiger partial charge >= 0.3 is 6.18 Å². The highest BCUT2D eigenvalue weighted by Gasteiger charge is 2.31. The molecule has 7 nitrogen and oxygen atoms in total. The zero-order valence-electron chi connectivity index (χ0n) is 18.2. The van der Waals surface area contributed by atoms with Gasteiger partial charge in [-0.3, -0.25) is 14.6 Å². The largest absolute Gasteiger partial charge is 0.417 e. The summed E-state index contributed by atoms with van der Waals surface area (Å²) in [4.78, 5) is 22.9. The molecule has 0 aliphatic carbocycles. The van der Waals surface area contributed by atoms with Crippen LogP contribution in [0.1, 0.15) is 25.8 Å².